The zero-order chi connectivity index (χ0) is 12.8. The average molecular weight is 314 g/mol. The fourth-order valence-electron chi connectivity index (χ4n) is 2.65. The highest BCUT2D eigenvalue weighted by Crippen LogP contribution is 2.29. The second kappa shape index (κ2) is 7.04. The Kier molecular flexibility index (Phi) is 5.38. The summed E-state index contributed by atoms with van der Waals surface area (Å²) >= 11 is 3.33. The molecule has 100 valence electrons. The van der Waals surface area contributed by atoms with Crippen molar-refractivity contribution in [2.45, 2.75) is 44.6 Å². The zero-order valence-corrected chi connectivity index (χ0v) is 12.1. The Hall–Kier alpha value is -0.680. The van der Waals surface area contributed by atoms with E-state index in [1.165, 1.54) is 32.1 Å². The molecule has 1 saturated carbocycles. The van der Waals surface area contributed by atoms with E-state index in [2.05, 4.69) is 31.2 Å². The number of aliphatic hydroxyl groups is 1. The molecule has 1 aliphatic rings. The van der Waals surface area contributed by atoms with Crippen molar-refractivity contribution in [1.82, 2.24) is 9.97 Å². The molecule has 1 aromatic rings. The molecule has 0 radical (unpaired) electrons. The third-order valence-corrected chi connectivity index (χ3v) is 4.00. The van der Waals surface area contributed by atoms with Gasteiger partial charge in [0.2, 0.25) is 5.95 Å². The maximum Gasteiger partial charge on any atom is 0.222 e. The van der Waals surface area contributed by atoms with Gasteiger partial charge in [0.05, 0.1) is 4.47 Å². The van der Waals surface area contributed by atoms with E-state index in [4.69, 9.17) is 0 Å². The third kappa shape index (κ3) is 3.92. The standard InChI is InChI=1S/C13H20BrN3O/c14-11-8-15-13(16-9-11)17-12(6-7-18)10-4-2-1-3-5-10/h8-10,12,18H,1-7H2,(H,15,16,17)/t12-/m0/s1. The Balaban J connectivity index is 1.98. The number of rotatable bonds is 5. The number of halogens is 1. The number of hydrogen-bond donors (Lipinski definition) is 2. The highest BCUT2D eigenvalue weighted by Gasteiger charge is 2.23. The first-order chi connectivity index (χ1) is 8.79. The maximum atomic E-state index is 9.20. The lowest BCUT2D eigenvalue weighted by Gasteiger charge is -2.30. The molecule has 1 aromatic heterocycles. The van der Waals surface area contributed by atoms with Gasteiger partial charge in [-0.25, -0.2) is 9.97 Å². The van der Waals surface area contributed by atoms with Gasteiger partial charge in [-0.2, -0.15) is 0 Å². The number of aromatic nitrogens is 2. The van der Waals surface area contributed by atoms with Crippen molar-refractivity contribution < 1.29 is 5.11 Å². The van der Waals surface area contributed by atoms with Crippen LogP contribution in [0.15, 0.2) is 16.9 Å². The van der Waals surface area contributed by atoms with E-state index < -0.39 is 0 Å². The molecular formula is C13H20BrN3O. The Morgan fingerprint density at radius 3 is 2.56 bits per heavy atom. The summed E-state index contributed by atoms with van der Waals surface area (Å²) in [5.41, 5.74) is 0. The van der Waals surface area contributed by atoms with Gasteiger partial charge in [0.1, 0.15) is 0 Å². The molecule has 0 aliphatic heterocycles. The van der Waals surface area contributed by atoms with Crippen LogP contribution < -0.4 is 5.32 Å². The van der Waals surface area contributed by atoms with E-state index in [0.29, 0.717) is 11.9 Å². The van der Waals surface area contributed by atoms with Gasteiger partial charge >= 0.3 is 0 Å². The summed E-state index contributed by atoms with van der Waals surface area (Å²) in [5.74, 6) is 1.29. The first-order valence-corrected chi connectivity index (χ1v) is 7.44. The fraction of sp³-hybridized carbons (Fsp3) is 0.692. The quantitative estimate of drug-likeness (QED) is 0.877. The minimum absolute atomic E-state index is 0.213. The van der Waals surface area contributed by atoms with Crippen molar-refractivity contribution in [3.05, 3.63) is 16.9 Å². The third-order valence-electron chi connectivity index (χ3n) is 3.59. The normalized spacial score (nSPS) is 18.6. The van der Waals surface area contributed by atoms with E-state index >= 15 is 0 Å². The van der Waals surface area contributed by atoms with Crippen LogP contribution in [-0.2, 0) is 0 Å². The predicted octanol–water partition coefficient (Wildman–Crippen LogP) is 2.98. The highest BCUT2D eigenvalue weighted by molar-refractivity contribution is 9.10. The minimum Gasteiger partial charge on any atom is -0.396 e. The molecule has 18 heavy (non-hydrogen) atoms. The van der Waals surface area contributed by atoms with Gasteiger partial charge in [0.15, 0.2) is 0 Å². The second-order valence-electron chi connectivity index (χ2n) is 4.89. The van der Waals surface area contributed by atoms with E-state index in [1.54, 1.807) is 12.4 Å². The fourth-order valence-corrected chi connectivity index (χ4v) is 2.86. The average Bonchev–Trinajstić information content (AvgIpc) is 2.42. The summed E-state index contributed by atoms with van der Waals surface area (Å²) in [6, 6.07) is 0.288. The van der Waals surface area contributed by atoms with Crippen molar-refractivity contribution >= 4 is 21.9 Å². The summed E-state index contributed by atoms with van der Waals surface area (Å²) in [6.07, 6.45) is 10.7. The van der Waals surface area contributed by atoms with Crippen molar-refractivity contribution in [3.63, 3.8) is 0 Å². The number of nitrogens with one attached hydrogen (secondary N) is 1. The highest BCUT2D eigenvalue weighted by atomic mass is 79.9. The van der Waals surface area contributed by atoms with Crippen LogP contribution in [0.1, 0.15) is 38.5 Å². The SMILES string of the molecule is OCC[C@H](Nc1ncc(Br)cn1)C1CCCCC1. The Bertz CT molecular complexity index is 352. The summed E-state index contributed by atoms with van der Waals surface area (Å²) in [4.78, 5) is 8.49. The summed E-state index contributed by atoms with van der Waals surface area (Å²) in [5, 5.41) is 12.6. The van der Waals surface area contributed by atoms with Crippen LogP contribution >= 0.6 is 15.9 Å². The van der Waals surface area contributed by atoms with Gasteiger partial charge in [-0.05, 0) is 41.1 Å². The molecule has 1 atom stereocenters. The minimum atomic E-state index is 0.213. The predicted molar refractivity (Wildman–Crippen MR) is 75.4 cm³/mol. The molecule has 0 bridgehead atoms. The topological polar surface area (TPSA) is 58.0 Å². The van der Waals surface area contributed by atoms with Crippen LogP contribution in [0.4, 0.5) is 5.95 Å². The Morgan fingerprint density at radius 1 is 1.28 bits per heavy atom. The first kappa shape index (κ1) is 13.7. The van der Waals surface area contributed by atoms with Gasteiger partial charge in [-0.15, -0.1) is 0 Å². The van der Waals surface area contributed by atoms with E-state index in [9.17, 15) is 5.11 Å². The molecule has 0 saturated heterocycles. The van der Waals surface area contributed by atoms with E-state index in [-0.39, 0.29) is 12.6 Å². The smallest absolute Gasteiger partial charge is 0.222 e. The lowest BCUT2D eigenvalue weighted by molar-refractivity contribution is 0.238. The number of hydrogen-bond acceptors (Lipinski definition) is 4. The van der Waals surface area contributed by atoms with Crippen molar-refractivity contribution in [2.24, 2.45) is 5.92 Å². The summed E-state index contributed by atoms with van der Waals surface area (Å²) < 4.78 is 0.879. The summed E-state index contributed by atoms with van der Waals surface area (Å²) in [6.45, 7) is 0.213. The Labute approximate surface area is 116 Å². The molecule has 0 unspecified atom stereocenters. The van der Waals surface area contributed by atoms with Crippen LogP contribution in [-0.4, -0.2) is 27.7 Å². The van der Waals surface area contributed by atoms with Gasteiger partial charge in [-0.3, -0.25) is 0 Å². The lowest BCUT2D eigenvalue weighted by Crippen LogP contribution is -2.32. The molecule has 4 nitrogen and oxygen atoms in total. The zero-order valence-electron chi connectivity index (χ0n) is 10.5. The van der Waals surface area contributed by atoms with Crippen molar-refractivity contribution in [3.8, 4) is 0 Å². The lowest BCUT2D eigenvalue weighted by atomic mass is 9.83. The molecule has 5 heteroatoms. The number of nitrogens with zero attached hydrogens (tertiary/aromatic N) is 2. The molecule has 2 N–H and O–H groups in total. The number of anilines is 1. The van der Waals surface area contributed by atoms with Crippen molar-refractivity contribution in [1.29, 1.82) is 0 Å². The van der Waals surface area contributed by atoms with E-state index in [0.717, 1.165) is 10.9 Å². The van der Waals surface area contributed by atoms with E-state index in [1.807, 2.05) is 0 Å². The maximum absolute atomic E-state index is 9.20. The largest absolute Gasteiger partial charge is 0.396 e. The molecule has 0 amide bonds. The molecule has 0 spiro atoms. The van der Waals surface area contributed by atoms with Gasteiger partial charge in [-0.1, -0.05) is 19.3 Å². The Morgan fingerprint density at radius 2 is 1.94 bits per heavy atom. The second-order valence-corrected chi connectivity index (χ2v) is 5.80. The molecule has 0 aromatic carbocycles. The van der Waals surface area contributed by atoms with Gasteiger partial charge in [0, 0.05) is 25.0 Å². The van der Waals surface area contributed by atoms with Crippen molar-refractivity contribution in [2.75, 3.05) is 11.9 Å². The molecule has 2 rings (SSSR count). The van der Waals surface area contributed by atoms with Crippen LogP contribution in [0.5, 0.6) is 0 Å². The molecule has 1 heterocycles. The van der Waals surface area contributed by atoms with Crippen LogP contribution in [0.25, 0.3) is 0 Å². The molecule has 1 fully saturated rings. The molecule has 1 aliphatic carbocycles. The van der Waals surface area contributed by atoms with Crippen LogP contribution in [0.3, 0.4) is 0 Å². The summed E-state index contributed by atoms with van der Waals surface area (Å²) in [7, 11) is 0. The number of aliphatic hydroxyl groups excluding tert-OH is 1. The monoisotopic (exact) mass is 313 g/mol. The van der Waals surface area contributed by atoms with Gasteiger partial charge < -0.3 is 10.4 Å². The first-order valence-electron chi connectivity index (χ1n) is 6.64. The van der Waals surface area contributed by atoms with Crippen LogP contribution in [0, 0.1) is 5.92 Å². The van der Waals surface area contributed by atoms with Crippen LogP contribution in [0.2, 0.25) is 0 Å². The molecular weight excluding hydrogens is 294 g/mol. The van der Waals surface area contributed by atoms with Gasteiger partial charge in [0.25, 0.3) is 0 Å².